The van der Waals surface area contributed by atoms with Crippen LogP contribution >= 0.6 is 0 Å². The van der Waals surface area contributed by atoms with Crippen LogP contribution in [0.4, 0.5) is 26.3 Å². The Labute approximate surface area is 162 Å². The van der Waals surface area contributed by atoms with Crippen molar-refractivity contribution < 1.29 is 31.1 Å². The number of halogens is 6. The molecule has 1 aromatic heterocycles. The summed E-state index contributed by atoms with van der Waals surface area (Å²) in [5.41, 5.74) is 1.42. The minimum atomic E-state index is -4.40. The van der Waals surface area contributed by atoms with E-state index in [4.69, 9.17) is 4.74 Å². The second-order valence-electron chi connectivity index (χ2n) is 6.55. The second-order valence-corrected chi connectivity index (χ2v) is 6.55. The summed E-state index contributed by atoms with van der Waals surface area (Å²) in [6.45, 7) is -0.486. The number of alkyl halides is 6. The predicted octanol–water partition coefficient (Wildman–Crippen LogP) is 5.46. The highest BCUT2D eigenvalue weighted by Gasteiger charge is 2.30. The Kier molecular flexibility index (Phi) is 6.07. The number of hydrogen-bond donors (Lipinski definition) is 2. The number of hydrogen-bond acceptors (Lipinski definition) is 2. The fourth-order valence-electron chi connectivity index (χ4n) is 2.93. The lowest BCUT2D eigenvalue weighted by Crippen LogP contribution is -2.19. The summed E-state index contributed by atoms with van der Waals surface area (Å²) in [7, 11) is 0. The lowest BCUT2D eigenvalue weighted by molar-refractivity contribution is -0.153. The lowest BCUT2D eigenvalue weighted by atomic mass is 10.1. The normalized spacial score (nSPS) is 12.5. The standard InChI is InChI=1S/C20H18F6N2O/c21-19(22,23)12-29-16-3-1-2-13(8-16)10-27-7-6-14-11-28-18-5-4-15(9-17(14)18)20(24,25)26/h1-5,8-9,11,27-28H,6-7,10,12H2. The molecular weight excluding hydrogens is 398 g/mol. The predicted molar refractivity (Wildman–Crippen MR) is 96.7 cm³/mol. The Bertz CT molecular complexity index is 961. The van der Waals surface area contributed by atoms with Crippen molar-refractivity contribution in [2.75, 3.05) is 13.2 Å². The van der Waals surface area contributed by atoms with Gasteiger partial charge in [0.15, 0.2) is 6.61 Å². The smallest absolute Gasteiger partial charge is 0.422 e. The maximum Gasteiger partial charge on any atom is 0.422 e. The van der Waals surface area contributed by atoms with Gasteiger partial charge in [0.2, 0.25) is 0 Å². The van der Waals surface area contributed by atoms with E-state index in [1.807, 2.05) is 0 Å². The molecule has 0 saturated heterocycles. The molecule has 0 saturated carbocycles. The van der Waals surface area contributed by atoms with Crippen LogP contribution in [0, 0.1) is 0 Å². The summed E-state index contributed by atoms with van der Waals surface area (Å²) in [6.07, 6.45) is -6.64. The first-order valence-electron chi connectivity index (χ1n) is 8.78. The van der Waals surface area contributed by atoms with Crippen molar-refractivity contribution in [1.29, 1.82) is 0 Å². The van der Waals surface area contributed by atoms with E-state index in [1.54, 1.807) is 18.3 Å². The van der Waals surface area contributed by atoms with Gasteiger partial charge in [0, 0.05) is 23.6 Å². The van der Waals surface area contributed by atoms with E-state index in [-0.39, 0.29) is 5.75 Å². The Morgan fingerprint density at radius 1 is 0.966 bits per heavy atom. The van der Waals surface area contributed by atoms with Gasteiger partial charge < -0.3 is 15.0 Å². The molecule has 0 spiro atoms. The van der Waals surface area contributed by atoms with Crippen LogP contribution in [0.3, 0.4) is 0 Å². The number of H-pyrrole nitrogens is 1. The summed E-state index contributed by atoms with van der Waals surface area (Å²) in [5.74, 6) is 0.123. The van der Waals surface area contributed by atoms with Gasteiger partial charge >= 0.3 is 12.4 Å². The maximum atomic E-state index is 12.9. The number of nitrogens with one attached hydrogen (secondary N) is 2. The van der Waals surface area contributed by atoms with Crippen molar-refractivity contribution in [1.82, 2.24) is 10.3 Å². The van der Waals surface area contributed by atoms with Crippen LogP contribution in [0.25, 0.3) is 10.9 Å². The number of fused-ring (bicyclic) bond motifs is 1. The average molecular weight is 416 g/mol. The third-order valence-corrected chi connectivity index (χ3v) is 4.30. The van der Waals surface area contributed by atoms with Gasteiger partial charge in [0.1, 0.15) is 5.75 Å². The maximum absolute atomic E-state index is 12.9. The van der Waals surface area contributed by atoms with E-state index >= 15 is 0 Å². The molecule has 0 unspecified atom stereocenters. The Balaban J connectivity index is 1.56. The molecule has 1 heterocycles. The molecule has 3 rings (SSSR count). The van der Waals surface area contributed by atoms with Gasteiger partial charge in [-0.1, -0.05) is 12.1 Å². The molecule has 0 aliphatic rings. The molecule has 0 aliphatic carbocycles. The Morgan fingerprint density at radius 2 is 1.76 bits per heavy atom. The molecule has 0 fully saturated rings. The van der Waals surface area contributed by atoms with Crippen LogP contribution in [0.5, 0.6) is 5.75 Å². The monoisotopic (exact) mass is 416 g/mol. The largest absolute Gasteiger partial charge is 0.484 e. The highest BCUT2D eigenvalue weighted by Crippen LogP contribution is 2.32. The van der Waals surface area contributed by atoms with Crippen LogP contribution in [-0.4, -0.2) is 24.3 Å². The van der Waals surface area contributed by atoms with Gasteiger partial charge in [-0.25, -0.2) is 0 Å². The van der Waals surface area contributed by atoms with E-state index in [0.717, 1.165) is 23.3 Å². The van der Waals surface area contributed by atoms with Crippen molar-refractivity contribution in [2.24, 2.45) is 0 Å². The summed E-state index contributed by atoms with van der Waals surface area (Å²) < 4.78 is 80.1. The molecule has 0 atom stereocenters. The number of aromatic amines is 1. The molecule has 2 N–H and O–H groups in total. The van der Waals surface area contributed by atoms with E-state index in [9.17, 15) is 26.3 Å². The van der Waals surface area contributed by atoms with E-state index < -0.39 is 24.5 Å². The average Bonchev–Trinajstić information content (AvgIpc) is 3.05. The van der Waals surface area contributed by atoms with Gasteiger partial charge in [-0.3, -0.25) is 0 Å². The molecule has 2 aromatic carbocycles. The number of ether oxygens (including phenoxy) is 1. The van der Waals surface area contributed by atoms with Crippen LogP contribution in [-0.2, 0) is 19.1 Å². The first-order chi connectivity index (χ1) is 13.6. The van der Waals surface area contributed by atoms with Crippen LogP contribution in [0.1, 0.15) is 16.7 Å². The first kappa shape index (κ1) is 21.0. The first-order valence-corrected chi connectivity index (χ1v) is 8.78. The topological polar surface area (TPSA) is 37.0 Å². The zero-order valence-corrected chi connectivity index (χ0v) is 15.1. The zero-order valence-electron chi connectivity index (χ0n) is 15.1. The van der Waals surface area contributed by atoms with E-state index in [0.29, 0.717) is 30.4 Å². The van der Waals surface area contributed by atoms with Crippen molar-refractivity contribution in [3.8, 4) is 5.75 Å². The number of rotatable bonds is 7. The lowest BCUT2D eigenvalue weighted by Gasteiger charge is -2.11. The van der Waals surface area contributed by atoms with Crippen molar-refractivity contribution >= 4 is 10.9 Å². The van der Waals surface area contributed by atoms with Crippen molar-refractivity contribution in [3.63, 3.8) is 0 Å². The van der Waals surface area contributed by atoms with Gasteiger partial charge in [-0.05, 0) is 54.4 Å². The summed E-state index contributed by atoms with van der Waals surface area (Å²) in [6, 6.07) is 9.87. The van der Waals surface area contributed by atoms with Gasteiger partial charge in [-0.15, -0.1) is 0 Å². The summed E-state index contributed by atoms with van der Waals surface area (Å²) >= 11 is 0. The van der Waals surface area contributed by atoms with Crippen LogP contribution in [0.15, 0.2) is 48.7 Å². The van der Waals surface area contributed by atoms with E-state index in [1.165, 1.54) is 18.2 Å². The molecule has 0 bridgehead atoms. The van der Waals surface area contributed by atoms with Gasteiger partial charge in [-0.2, -0.15) is 26.3 Å². The molecule has 29 heavy (non-hydrogen) atoms. The van der Waals surface area contributed by atoms with Crippen molar-refractivity contribution in [3.05, 3.63) is 65.4 Å². The second kappa shape index (κ2) is 8.36. The highest BCUT2D eigenvalue weighted by atomic mass is 19.4. The summed E-state index contributed by atoms with van der Waals surface area (Å²) in [4.78, 5) is 2.96. The summed E-state index contributed by atoms with van der Waals surface area (Å²) in [5, 5.41) is 3.65. The van der Waals surface area contributed by atoms with E-state index in [2.05, 4.69) is 10.3 Å². The van der Waals surface area contributed by atoms with Crippen LogP contribution < -0.4 is 10.1 Å². The van der Waals surface area contributed by atoms with Crippen LogP contribution in [0.2, 0.25) is 0 Å². The van der Waals surface area contributed by atoms with Crippen molar-refractivity contribution in [2.45, 2.75) is 25.3 Å². The zero-order chi connectivity index (χ0) is 21.1. The minimum absolute atomic E-state index is 0.123. The van der Waals surface area contributed by atoms with Gasteiger partial charge in [0.05, 0.1) is 5.56 Å². The number of aromatic nitrogens is 1. The molecule has 156 valence electrons. The fourth-order valence-corrected chi connectivity index (χ4v) is 2.93. The SMILES string of the molecule is FC(F)(F)COc1cccc(CNCCc2c[nH]c3ccc(C(F)(F)F)cc23)c1. The Hall–Kier alpha value is -2.68. The van der Waals surface area contributed by atoms with Gasteiger partial charge in [0.25, 0.3) is 0 Å². The molecular formula is C20H18F6N2O. The molecule has 0 amide bonds. The molecule has 0 aliphatic heterocycles. The Morgan fingerprint density at radius 3 is 2.48 bits per heavy atom. The molecule has 3 nitrogen and oxygen atoms in total. The molecule has 3 aromatic rings. The molecule has 0 radical (unpaired) electrons. The third-order valence-electron chi connectivity index (χ3n) is 4.30. The third kappa shape index (κ3) is 5.90. The highest BCUT2D eigenvalue weighted by molar-refractivity contribution is 5.84. The fraction of sp³-hybridized carbons (Fsp3) is 0.300. The number of benzene rings is 2. The quantitative estimate of drug-likeness (QED) is 0.397. The minimum Gasteiger partial charge on any atom is -0.484 e. The molecule has 9 heteroatoms.